The van der Waals surface area contributed by atoms with E-state index < -0.39 is 0 Å². The summed E-state index contributed by atoms with van der Waals surface area (Å²) in [5.41, 5.74) is 4.25. The Kier molecular flexibility index (Phi) is 4.50. The van der Waals surface area contributed by atoms with Crippen LogP contribution in [-0.2, 0) is 11.3 Å². The van der Waals surface area contributed by atoms with Gasteiger partial charge in [-0.2, -0.15) is 0 Å². The summed E-state index contributed by atoms with van der Waals surface area (Å²) < 4.78 is 7.99. The van der Waals surface area contributed by atoms with E-state index in [9.17, 15) is 0 Å². The molecule has 25 heavy (non-hydrogen) atoms. The summed E-state index contributed by atoms with van der Waals surface area (Å²) in [7, 11) is 0. The lowest BCUT2D eigenvalue weighted by molar-refractivity contribution is -0.0707. The minimum atomic E-state index is 0.242. The van der Waals surface area contributed by atoms with Crippen molar-refractivity contribution >= 4 is 17.2 Å². The average molecular weight is 356 g/mol. The van der Waals surface area contributed by atoms with Crippen molar-refractivity contribution < 1.29 is 4.74 Å². The lowest BCUT2D eigenvalue weighted by Crippen LogP contribution is -2.45. The zero-order chi connectivity index (χ0) is 17.4. The van der Waals surface area contributed by atoms with Gasteiger partial charge in [-0.25, -0.2) is 4.98 Å². The van der Waals surface area contributed by atoms with Crippen molar-refractivity contribution in [2.45, 2.75) is 32.6 Å². The molecule has 0 aliphatic carbocycles. The van der Waals surface area contributed by atoms with Crippen molar-refractivity contribution in [3.05, 3.63) is 59.4 Å². The molecule has 0 bridgehead atoms. The Morgan fingerprint density at radius 3 is 2.52 bits per heavy atom. The van der Waals surface area contributed by atoms with Crippen LogP contribution in [0.3, 0.4) is 0 Å². The van der Waals surface area contributed by atoms with Gasteiger partial charge in [0.2, 0.25) is 0 Å². The average Bonchev–Trinajstić information content (AvgIpc) is 2.93. The molecule has 1 aliphatic rings. The Hall–Kier alpha value is -1.88. The van der Waals surface area contributed by atoms with Crippen LogP contribution in [0.4, 0.5) is 0 Å². The van der Waals surface area contributed by atoms with Crippen molar-refractivity contribution in [2.24, 2.45) is 0 Å². The number of morpholine rings is 1. The molecule has 2 aromatic heterocycles. The molecule has 3 heterocycles. The number of aromatic nitrogens is 2. The van der Waals surface area contributed by atoms with Crippen molar-refractivity contribution in [3.63, 3.8) is 0 Å². The molecule has 0 amide bonds. The molecule has 0 N–H and O–H groups in total. The second kappa shape index (κ2) is 6.79. The standard InChI is InChI=1S/C20H22ClN3O/c1-14-10-23(11-15(2)25-14)13-18-20(16-6-4-3-5-7-16)22-19-9-8-17(21)12-24(18)19/h3-9,12,14-15H,10-11,13H2,1-2H3/t14-,15-/m1/s1. The summed E-state index contributed by atoms with van der Waals surface area (Å²) in [6.07, 6.45) is 2.44. The monoisotopic (exact) mass is 355 g/mol. The van der Waals surface area contributed by atoms with Gasteiger partial charge in [0.25, 0.3) is 0 Å². The van der Waals surface area contributed by atoms with Gasteiger partial charge >= 0.3 is 0 Å². The molecule has 1 fully saturated rings. The van der Waals surface area contributed by atoms with Crippen LogP contribution in [-0.4, -0.2) is 39.6 Å². The second-order valence-electron chi connectivity index (χ2n) is 6.80. The molecule has 1 aromatic carbocycles. The van der Waals surface area contributed by atoms with Crippen molar-refractivity contribution in [1.29, 1.82) is 0 Å². The number of imidazole rings is 1. The van der Waals surface area contributed by atoms with Gasteiger partial charge in [0.05, 0.1) is 28.6 Å². The Morgan fingerprint density at radius 1 is 1.08 bits per heavy atom. The number of halogens is 1. The highest BCUT2D eigenvalue weighted by atomic mass is 35.5. The van der Waals surface area contributed by atoms with Gasteiger partial charge in [0.15, 0.2) is 0 Å². The number of pyridine rings is 1. The fraction of sp³-hybridized carbons (Fsp3) is 0.350. The van der Waals surface area contributed by atoms with Crippen LogP contribution in [0.5, 0.6) is 0 Å². The van der Waals surface area contributed by atoms with E-state index in [-0.39, 0.29) is 12.2 Å². The molecule has 3 aromatic rings. The predicted molar refractivity (Wildman–Crippen MR) is 101 cm³/mol. The first-order valence-corrected chi connectivity index (χ1v) is 9.07. The maximum atomic E-state index is 6.25. The number of benzene rings is 1. The first-order valence-electron chi connectivity index (χ1n) is 8.70. The van der Waals surface area contributed by atoms with E-state index in [4.69, 9.17) is 21.3 Å². The summed E-state index contributed by atoms with van der Waals surface area (Å²) >= 11 is 6.25. The number of ether oxygens (including phenoxy) is 1. The van der Waals surface area contributed by atoms with E-state index in [2.05, 4.69) is 47.4 Å². The maximum Gasteiger partial charge on any atom is 0.137 e. The predicted octanol–water partition coefficient (Wildman–Crippen LogP) is 4.26. The molecule has 4 rings (SSSR count). The summed E-state index contributed by atoms with van der Waals surface area (Å²) in [6.45, 7) is 6.93. The molecular formula is C20H22ClN3O. The molecule has 4 nitrogen and oxygen atoms in total. The van der Waals surface area contributed by atoms with E-state index in [0.29, 0.717) is 0 Å². The molecular weight excluding hydrogens is 334 g/mol. The maximum absolute atomic E-state index is 6.25. The van der Waals surface area contributed by atoms with E-state index in [1.807, 2.05) is 24.4 Å². The molecule has 0 saturated carbocycles. The quantitative estimate of drug-likeness (QED) is 0.703. The van der Waals surface area contributed by atoms with E-state index in [0.717, 1.165) is 41.6 Å². The van der Waals surface area contributed by atoms with E-state index >= 15 is 0 Å². The molecule has 0 radical (unpaired) electrons. The SMILES string of the molecule is C[C@@H]1CN(Cc2c(-c3ccccc3)nc3ccc(Cl)cn23)C[C@@H](C)O1. The van der Waals surface area contributed by atoms with Crippen LogP contribution in [0.2, 0.25) is 5.02 Å². The van der Waals surface area contributed by atoms with Crippen LogP contribution < -0.4 is 0 Å². The van der Waals surface area contributed by atoms with Crippen molar-refractivity contribution in [3.8, 4) is 11.3 Å². The first kappa shape index (κ1) is 16.6. The fourth-order valence-electron chi connectivity index (χ4n) is 3.67. The zero-order valence-corrected chi connectivity index (χ0v) is 15.3. The molecule has 1 saturated heterocycles. The molecule has 0 spiro atoms. The minimum Gasteiger partial charge on any atom is -0.373 e. The molecule has 2 atom stereocenters. The van der Waals surface area contributed by atoms with Gasteiger partial charge in [0, 0.05) is 31.4 Å². The zero-order valence-electron chi connectivity index (χ0n) is 14.5. The van der Waals surface area contributed by atoms with Crippen LogP contribution >= 0.6 is 11.6 Å². The number of rotatable bonds is 3. The largest absolute Gasteiger partial charge is 0.373 e. The Morgan fingerprint density at radius 2 is 1.80 bits per heavy atom. The van der Waals surface area contributed by atoms with Gasteiger partial charge in [-0.05, 0) is 26.0 Å². The number of nitrogens with zero attached hydrogens (tertiary/aromatic N) is 3. The highest BCUT2D eigenvalue weighted by Crippen LogP contribution is 2.27. The van der Waals surface area contributed by atoms with Crippen LogP contribution in [0.25, 0.3) is 16.9 Å². The third-order valence-corrected chi connectivity index (χ3v) is 4.82. The normalized spacial score (nSPS) is 21.7. The van der Waals surface area contributed by atoms with Crippen LogP contribution in [0.15, 0.2) is 48.7 Å². The Labute approximate surface area is 153 Å². The highest BCUT2D eigenvalue weighted by molar-refractivity contribution is 6.30. The van der Waals surface area contributed by atoms with Crippen molar-refractivity contribution in [1.82, 2.24) is 14.3 Å². The molecule has 130 valence electrons. The summed E-state index contributed by atoms with van der Waals surface area (Å²) in [5.74, 6) is 0. The van der Waals surface area contributed by atoms with E-state index in [1.54, 1.807) is 0 Å². The highest BCUT2D eigenvalue weighted by Gasteiger charge is 2.24. The summed E-state index contributed by atoms with van der Waals surface area (Å²) in [5, 5.41) is 0.717. The van der Waals surface area contributed by atoms with Gasteiger partial charge in [-0.15, -0.1) is 0 Å². The first-order chi connectivity index (χ1) is 12.1. The Bertz CT molecular complexity index is 867. The van der Waals surface area contributed by atoms with E-state index in [1.165, 1.54) is 5.69 Å². The smallest absolute Gasteiger partial charge is 0.137 e. The summed E-state index contributed by atoms with van der Waals surface area (Å²) in [4.78, 5) is 7.31. The van der Waals surface area contributed by atoms with Crippen LogP contribution in [0, 0.1) is 0 Å². The number of fused-ring (bicyclic) bond motifs is 1. The molecule has 1 aliphatic heterocycles. The number of hydrogen-bond donors (Lipinski definition) is 0. The third kappa shape index (κ3) is 3.43. The fourth-order valence-corrected chi connectivity index (χ4v) is 3.83. The lowest BCUT2D eigenvalue weighted by Gasteiger charge is -2.35. The van der Waals surface area contributed by atoms with Gasteiger partial charge in [-0.3, -0.25) is 4.90 Å². The summed E-state index contributed by atoms with van der Waals surface area (Å²) in [6, 6.07) is 14.2. The molecule has 5 heteroatoms. The van der Waals surface area contributed by atoms with Gasteiger partial charge in [0.1, 0.15) is 5.65 Å². The van der Waals surface area contributed by atoms with Gasteiger partial charge in [-0.1, -0.05) is 41.9 Å². The topological polar surface area (TPSA) is 29.8 Å². The third-order valence-electron chi connectivity index (χ3n) is 4.60. The minimum absolute atomic E-state index is 0.242. The van der Waals surface area contributed by atoms with Gasteiger partial charge < -0.3 is 9.14 Å². The Balaban J connectivity index is 1.78. The van der Waals surface area contributed by atoms with Crippen LogP contribution in [0.1, 0.15) is 19.5 Å². The number of hydrogen-bond acceptors (Lipinski definition) is 3. The molecule has 0 unspecified atom stereocenters. The lowest BCUT2D eigenvalue weighted by atomic mass is 10.1. The van der Waals surface area contributed by atoms with Crippen molar-refractivity contribution in [2.75, 3.05) is 13.1 Å². The second-order valence-corrected chi connectivity index (χ2v) is 7.24.